The lowest BCUT2D eigenvalue weighted by Crippen LogP contribution is -2.50. The number of aromatic nitrogens is 3. The van der Waals surface area contributed by atoms with Crippen LogP contribution in [0.25, 0.3) is 10.6 Å². The summed E-state index contributed by atoms with van der Waals surface area (Å²) in [5.41, 5.74) is 1.82. The van der Waals surface area contributed by atoms with Gasteiger partial charge in [0, 0.05) is 17.8 Å². The number of carbonyl (C=O) groups excluding carboxylic acids is 2. The van der Waals surface area contributed by atoms with Crippen LogP contribution in [0.4, 0.5) is 5.69 Å². The average molecular weight is 411 g/mol. The van der Waals surface area contributed by atoms with E-state index in [0.29, 0.717) is 24.4 Å². The number of oxazole rings is 1. The second kappa shape index (κ2) is 8.12. The smallest absolute Gasteiger partial charge is 0.276 e. The molecule has 150 valence electrons. The summed E-state index contributed by atoms with van der Waals surface area (Å²) in [5.74, 6) is -0.0150. The van der Waals surface area contributed by atoms with Gasteiger partial charge in [0.25, 0.3) is 5.91 Å². The molecule has 3 aromatic rings. The molecular weight excluding hydrogens is 390 g/mol. The quantitative estimate of drug-likeness (QED) is 0.706. The van der Waals surface area contributed by atoms with E-state index in [-0.39, 0.29) is 17.5 Å². The van der Waals surface area contributed by atoms with Crippen molar-refractivity contribution in [3.63, 3.8) is 0 Å². The van der Waals surface area contributed by atoms with Gasteiger partial charge in [0.1, 0.15) is 21.8 Å². The van der Waals surface area contributed by atoms with E-state index in [1.54, 1.807) is 11.8 Å². The fourth-order valence-corrected chi connectivity index (χ4v) is 4.15. The number of anilines is 1. The first-order valence-electron chi connectivity index (χ1n) is 9.45. The molecule has 0 aliphatic carbocycles. The summed E-state index contributed by atoms with van der Waals surface area (Å²) in [4.78, 5) is 31.5. The van der Waals surface area contributed by atoms with E-state index >= 15 is 0 Å². The van der Waals surface area contributed by atoms with Crippen LogP contribution in [0.15, 0.2) is 35.1 Å². The van der Waals surface area contributed by atoms with Gasteiger partial charge in [-0.15, -0.1) is 10.2 Å². The second-order valence-electron chi connectivity index (χ2n) is 6.96. The Kier molecular flexibility index (Phi) is 5.39. The number of rotatable bonds is 4. The zero-order chi connectivity index (χ0) is 20.4. The van der Waals surface area contributed by atoms with Crippen molar-refractivity contribution in [2.75, 3.05) is 11.9 Å². The number of piperidine rings is 1. The SMILES string of the molecule is Cc1nnc(-c2cccc(NC(=O)C3CCCCN3C(=O)c3ncoc3C)c2)s1. The van der Waals surface area contributed by atoms with Gasteiger partial charge in [0.2, 0.25) is 5.91 Å². The van der Waals surface area contributed by atoms with Gasteiger partial charge in [-0.25, -0.2) is 4.98 Å². The fraction of sp³-hybridized carbons (Fsp3) is 0.350. The number of hydrogen-bond acceptors (Lipinski definition) is 7. The highest BCUT2D eigenvalue weighted by Gasteiger charge is 2.34. The van der Waals surface area contributed by atoms with Crippen molar-refractivity contribution in [3.8, 4) is 10.6 Å². The van der Waals surface area contributed by atoms with Gasteiger partial charge in [-0.05, 0) is 45.2 Å². The number of hydrogen-bond donors (Lipinski definition) is 1. The highest BCUT2D eigenvalue weighted by atomic mass is 32.1. The monoisotopic (exact) mass is 411 g/mol. The van der Waals surface area contributed by atoms with Crippen molar-refractivity contribution in [3.05, 3.63) is 47.1 Å². The third-order valence-electron chi connectivity index (χ3n) is 4.92. The van der Waals surface area contributed by atoms with E-state index in [4.69, 9.17) is 4.42 Å². The molecule has 1 N–H and O–H groups in total. The minimum Gasteiger partial charge on any atom is -0.448 e. The number of likely N-dealkylation sites (tertiary alicyclic amines) is 1. The Morgan fingerprint density at radius 2 is 2.10 bits per heavy atom. The molecule has 2 aromatic heterocycles. The molecule has 4 rings (SSSR count). The summed E-state index contributed by atoms with van der Waals surface area (Å²) in [6.45, 7) is 4.12. The maximum atomic E-state index is 13.0. The number of aryl methyl sites for hydroxylation is 2. The van der Waals surface area contributed by atoms with Gasteiger partial charge in [-0.1, -0.05) is 23.5 Å². The summed E-state index contributed by atoms with van der Waals surface area (Å²) in [5, 5.41) is 12.8. The lowest BCUT2D eigenvalue weighted by atomic mass is 10.0. The molecular formula is C20H21N5O3S. The van der Waals surface area contributed by atoms with E-state index in [1.807, 2.05) is 31.2 Å². The Morgan fingerprint density at radius 1 is 1.24 bits per heavy atom. The van der Waals surface area contributed by atoms with Crippen molar-refractivity contribution in [2.24, 2.45) is 0 Å². The number of amides is 2. The highest BCUT2D eigenvalue weighted by molar-refractivity contribution is 7.14. The first kappa shape index (κ1) is 19.3. The Balaban J connectivity index is 1.52. The number of benzene rings is 1. The molecule has 3 heterocycles. The van der Waals surface area contributed by atoms with Crippen molar-refractivity contribution in [1.82, 2.24) is 20.1 Å². The molecule has 1 unspecified atom stereocenters. The number of nitrogens with zero attached hydrogens (tertiary/aromatic N) is 4. The number of nitrogens with one attached hydrogen (secondary N) is 1. The largest absolute Gasteiger partial charge is 0.448 e. The lowest BCUT2D eigenvalue weighted by Gasteiger charge is -2.34. The van der Waals surface area contributed by atoms with Crippen LogP contribution in [0.1, 0.15) is 40.5 Å². The van der Waals surface area contributed by atoms with Gasteiger partial charge >= 0.3 is 0 Å². The van der Waals surface area contributed by atoms with Crippen LogP contribution < -0.4 is 5.32 Å². The van der Waals surface area contributed by atoms with E-state index in [1.165, 1.54) is 17.7 Å². The van der Waals surface area contributed by atoms with Gasteiger partial charge in [-0.2, -0.15) is 0 Å². The Labute approximate surface area is 172 Å². The molecule has 29 heavy (non-hydrogen) atoms. The van der Waals surface area contributed by atoms with Gasteiger partial charge in [0.05, 0.1) is 0 Å². The average Bonchev–Trinajstić information content (AvgIpc) is 3.36. The van der Waals surface area contributed by atoms with E-state index < -0.39 is 6.04 Å². The van der Waals surface area contributed by atoms with Gasteiger partial charge in [0.15, 0.2) is 12.1 Å². The van der Waals surface area contributed by atoms with Crippen molar-refractivity contribution in [1.29, 1.82) is 0 Å². The summed E-state index contributed by atoms with van der Waals surface area (Å²) >= 11 is 1.50. The third-order valence-corrected chi connectivity index (χ3v) is 5.80. The first-order valence-corrected chi connectivity index (χ1v) is 10.3. The fourth-order valence-electron chi connectivity index (χ4n) is 3.46. The van der Waals surface area contributed by atoms with Crippen LogP contribution in [0.3, 0.4) is 0 Å². The van der Waals surface area contributed by atoms with Crippen LogP contribution >= 0.6 is 11.3 Å². The predicted molar refractivity (Wildman–Crippen MR) is 109 cm³/mol. The molecule has 0 saturated carbocycles. The van der Waals surface area contributed by atoms with Crippen LogP contribution in [0.5, 0.6) is 0 Å². The Morgan fingerprint density at radius 3 is 2.83 bits per heavy atom. The van der Waals surface area contributed by atoms with Crippen LogP contribution in [-0.4, -0.2) is 44.5 Å². The maximum Gasteiger partial charge on any atom is 0.276 e. The van der Waals surface area contributed by atoms with E-state index in [0.717, 1.165) is 28.4 Å². The molecule has 9 heteroatoms. The molecule has 8 nitrogen and oxygen atoms in total. The Bertz CT molecular complexity index is 1040. The Hall–Kier alpha value is -3.07. The summed E-state index contributed by atoms with van der Waals surface area (Å²) < 4.78 is 5.16. The van der Waals surface area contributed by atoms with Crippen molar-refractivity contribution in [2.45, 2.75) is 39.2 Å². The molecule has 1 aliphatic rings. The van der Waals surface area contributed by atoms with E-state index in [9.17, 15) is 9.59 Å². The number of carbonyl (C=O) groups is 2. The zero-order valence-electron chi connectivity index (χ0n) is 16.2. The van der Waals surface area contributed by atoms with E-state index in [2.05, 4.69) is 20.5 Å². The first-order chi connectivity index (χ1) is 14.0. The summed E-state index contributed by atoms with van der Waals surface area (Å²) in [6, 6.07) is 6.95. The normalized spacial score (nSPS) is 16.6. The predicted octanol–water partition coefficient (Wildman–Crippen LogP) is 3.44. The molecule has 1 aliphatic heterocycles. The van der Waals surface area contributed by atoms with Crippen molar-refractivity contribution >= 4 is 28.8 Å². The van der Waals surface area contributed by atoms with Gasteiger partial charge < -0.3 is 14.6 Å². The minimum atomic E-state index is -0.542. The molecule has 1 fully saturated rings. The van der Waals surface area contributed by atoms with Crippen LogP contribution in [-0.2, 0) is 4.79 Å². The highest BCUT2D eigenvalue weighted by Crippen LogP contribution is 2.27. The van der Waals surface area contributed by atoms with Gasteiger partial charge in [-0.3, -0.25) is 9.59 Å². The zero-order valence-corrected chi connectivity index (χ0v) is 17.0. The maximum absolute atomic E-state index is 13.0. The molecule has 1 aromatic carbocycles. The van der Waals surface area contributed by atoms with Crippen molar-refractivity contribution < 1.29 is 14.0 Å². The third kappa shape index (κ3) is 4.04. The molecule has 2 amide bonds. The lowest BCUT2D eigenvalue weighted by molar-refractivity contribution is -0.121. The van der Waals surface area contributed by atoms with Crippen LogP contribution in [0, 0.1) is 13.8 Å². The molecule has 0 radical (unpaired) electrons. The molecule has 0 bridgehead atoms. The summed E-state index contributed by atoms with van der Waals surface area (Å²) in [7, 11) is 0. The standard InChI is InChI=1S/C20H21N5O3S/c1-12-17(21-11-28-12)20(27)25-9-4-3-8-16(25)18(26)22-15-7-5-6-14(10-15)19-24-23-13(2)29-19/h5-7,10-11,16H,3-4,8-9H2,1-2H3,(H,22,26). The van der Waals surface area contributed by atoms with Crippen LogP contribution in [0.2, 0.25) is 0 Å². The molecule has 1 saturated heterocycles. The summed E-state index contributed by atoms with van der Waals surface area (Å²) in [6.07, 6.45) is 3.62. The molecule has 1 atom stereocenters. The molecule has 0 spiro atoms. The second-order valence-corrected chi connectivity index (χ2v) is 8.15. The topological polar surface area (TPSA) is 101 Å². The minimum absolute atomic E-state index is 0.204.